The van der Waals surface area contributed by atoms with E-state index in [1.165, 1.54) is 64.7 Å². The summed E-state index contributed by atoms with van der Waals surface area (Å²) in [4.78, 5) is 0. The zero-order valence-electron chi connectivity index (χ0n) is 24.1. The lowest BCUT2D eigenvalue weighted by molar-refractivity contribution is 1.51. The van der Waals surface area contributed by atoms with Gasteiger partial charge in [-0.2, -0.15) is 0 Å². The Morgan fingerprint density at radius 3 is 1.64 bits per heavy atom. The van der Waals surface area contributed by atoms with Crippen molar-refractivity contribution in [2.45, 2.75) is 0 Å². The lowest BCUT2D eigenvalue weighted by atomic mass is 9.95. The van der Waals surface area contributed by atoms with Crippen molar-refractivity contribution < 1.29 is 0 Å². The van der Waals surface area contributed by atoms with Crippen molar-refractivity contribution in [3.8, 4) is 44.5 Å². The molecule has 7 aromatic carbocycles. The summed E-state index contributed by atoms with van der Waals surface area (Å²) in [6.45, 7) is 0. The average molecular weight is 580 g/mol. The van der Waals surface area contributed by atoms with Gasteiger partial charge < -0.3 is 5.32 Å². The van der Waals surface area contributed by atoms with Crippen LogP contribution in [0, 0.1) is 0 Å². The molecule has 0 radical (unpaired) electrons. The van der Waals surface area contributed by atoms with Gasteiger partial charge >= 0.3 is 0 Å². The number of fused-ring (bicyclic) bond motifs is 3. The molecule has 0 aliphatic rings. The second-order valence-electron chi connectivity index (χ2n) is 11.1. The fraction of sp³-hybridized carbons (Fsp3) is 0. The third-order valence-electron chi connectivity index (χ3n) is 8.25. The number of rotatable bonds is 6. The average Bonchev–Trinajstić information content (AvgIpc) is 3.49. The van der Waals surface area contributed by atoms with E-state index >= 15 is 0 Å². The van der Waals surface area contributed by atoms with E-state index in [1.807, 2.05) is 11.3 Å². The number of benzene rings is 7. The quantitative estimate of drug-likeness (QED) is 0.207. The van der Waals surface area contributed by atoms with Crippen molar-refractivity contribution in [3.63, 3.8) is 0 Å². The van der Waals surface area contributed by atoms with Gasteiger partial charge in [-0.1, -0.05) is 133 Å². The van der Waals surface area contributed by atoms with E-state index in [2.05, 4.69) is 175 Å². The Morgan fingerprint density at radius 1 is 0.364 bits per heavy atom. The van der Waals surface area contributed by atoms with Gasteiger partial charge in [0.15, 0.2) is 0 Å². The first kappa shape index (κ1) is 26.2. The third kappa shape index (κ3) is 4.96. The summed E-state index contributed by atoms with van der Waals surface area (Å²) in [5.41, 5.74) is 11.7. The summed E-state index contributed by atoms with van der Waals surface area (Å²) in [6, 6.07) is 60.9. The van der Waals surface area contributed by atoms with E-state index in [0.29, 0.717) is 0 Å². The molecule has 0 atom stereocenters. The molecule has 1 aromatic heterocycles. The van der Waals surface area contributed by atoms with Gasteiger partial charge in [0.25, 0.3) is 0 Å². The molecule has 8 aromatic rings. The predicted molar refractivity (Wildman–Crippen MR) is 191 cm³/mol. The molecule has 0 unspecified atom stereocenters. The number of hydrogen-bond donors (Lipinski definition) is 1. The maximum Gasteiger partial charge on any atom is 0.0464 e. The molecular formula is C42H29NS. The maximum atomic E-state index is 3.83. The van der Waals surface area contributed by atoms with E-state index < -0.39 is 0 Å². The van der Waals surface area contributed by atoms with Gasteiger partial charge in [-0.25, -0.2) is 0 Å². The maximum absolute atomic E-state index is 3.83. The Hall–Kier alpha value is -5.44. The van der Waals surface area contributed by atoms with Gasteiger partial charge in [-0.15, -0.1) is 11.3 Å². The van der Waals surface area contributed by atoms with E-state index in [4.69, 9.17) is 0 Å². The van der Waals surface area contributed by atoms with Crippen LogP contribution in [-0.4, -0.2) is 0 Å². The smallest absolute Gasteiger partial charge is 0.0464 e. The highest BCUT2D eigenvalue weighted by Gasteiger charge is 2.14. The SMILES string of the molecule is c1ccc(-c2cc(Nc3ccc(-c4cccc5c4sc4ccccc45)cc3-c3ccccc3)cc(-c3ccccc3)c2)cc1. The molecule has 0 saturated heterocycles. The lowest BCUT2D eigenvalue weighted by Gasteiger charge is -2.17. The van der Waals surface area contributed by atoms with Gasteiger partial charge in [-0.3, -0.25) is 0 Å². The zero-order valence-corrected chi connectivity index (χ0v) is 24.9. The number of hydrogen-bond acceptors (Lipinski definition) is 2. The van der Waals surface area contributed by atoms with E-state index in [-0.39, 0.29) is 0 Å². The first-order valence-corrected chi connectivity index (χ1v) is 15.7. The topological polar surface area (TPSA) is 12.0 Å². The summed E-state index contributed by atoms with van der Waals surface area (Å²) < 4.78 is 2.65. The second-order valence-corrected chi connectivity index (χ2v) is 12.1. The molecule has 0 fully saturated rings. The van der Waals surface area contributed by atoms with Crippen molar-refractivity contribution in [1.29, 1.82) is 0 Å². The van der Waals surface area contributed by atoms with Gasteiger partial charge in [-0.05, 0) is 75.3 Å². The van der Waals surface area contributed by atoms with Crippen molar-refractivity contribution in [2.24, 2.45) is 0 Å². The zero-order chi connectivity index (χ0) is 29.3. The number of anilines is 2. The van der Waals surface area contributed by atoms with Crippen molar-refractivity contribution in [1.82, 2.24) is 0 Å². The first-order valence-electron chi connectivity index (χ1n) is 14.9. The molecule has 208 valence electrons. The third-order valence-corrected chi connectivity index (χ3v) is 9.47. The van der Waals surface area contributed by atoms with Crippen molar-refractivity contribution in [3.05, 3.63) is 170 Å². The number of nitrogens with one attached hydrogen (secondary N) is 1. The molecule has 1 heterocycles. The van der Waals surface area contributed by atoms with Crippen molar-refractivity contribution in [2.75, 3.05) is 5.32 Å². The van der Waals surface area contributed by atoms with Crippen LogP contribution in [0.25, 0.3) is 64.7 Å². The highest BCUT2D eigenvalue weighted by Crippen LogP contribution is 2.42. The molecule has 0 aliphatic carbocycles. The van der Waals surface area contributed by atoms with Crippen LogP contribution in [0.3, 0.4) is 0 Å². The standard InChI is InChI=1S/C42H29NS/c1-4-13-29(14-5-1)33-25-34(30-15-6-2-7-16-30)27-35(26-33)43-40-24-23-32(28-39(40)31-17-8-3-9-18-31)36-20-12-21-38-37-19-10-11-22-41(37)44-42(36)38/h1-28,43H. The van der Waals surface area contributed by atoms with Crippen LogP contribution in [0.15, 0.2) is 170 Å². The van der Waals surface area contributed by atoms with Gasteiger partial charge in [0.1, 0.15) is 0 Å². The Balaban J connectivity index is 1.27. The van der Waals surface area contributed by atoms with E-state index in [0.717, 1.165) is 11.4 Å². The largest absolute Gasteiger partial charge is 0.355 e. The molecule has 2 heteroatoms. The number of thiophene rings is 1. The summed E-state index contributed by atoms with van der Waals surface area (Å²) in [7, 11) is 0. The van der Waals surface area contributed by atoms with Gasteiger partial charge in [0, 0.05) is 37.1 Å². The highest BCUT2D eigenvalue weighted by atomic mass is 32.1. The fourth-order valence-electron chi connectivity index (χ4n) is 6.10. The predicted octanol–water partition coefficient (Wildman–Crippen LogP) is 12.5. The summed E-state index contributed by atoms with van der Waals surface area (Å²) in [5, 5.41) is 6.47. The molecule has 0 amide bonds. The molecule has 0 saturated carbocycles. The van der Waals surface area contributed by atoms with Gasteiger partial charge in [0.05, 0.1) is 0 Å². The van der Waals surface area contributed by atoms with Crippen molar-refractivity contribution >= 4 is 42.9 Å². The minimum Gasteiger partial charge on any atom is -0.355 e. The molecule has 1 nitrogen and oxygen atoms in total. The Kier molecular flexibility index (Phi) is 6.75. The first-order chi connectivity index (χ1) is 21.8. The van der Waals surface area contributed by atoms with E-state index in [1.54, 1.807) is 0 Å². The Morgan fingerprint density at radius 2 is 0.955 bits per heavy atom. The summed E-state index contributed by atoms with van der Waals surface area (Å²) in [6.07, 6.45) is 0. The molecule has 44 heavy (non-hydrogen) atoms. The second kappa shape index (κ2) is 11.3. The molecular weight excluding hydrogens is 551 g/mol. The van der Waals surface area contributed by atoms with Crippen LogP contribution in [0.5, 0.6) is 0 Å². The van der Waals surface area contributed by atoms with Gasteiger partial charge in [0.2, 0.25) is 0 Å². The van der Waals surface area contributed by atoms with E-state index in [9.17, 15) is 0 Å². The molecule has 0 bridgehead atoms. The lowest BCUT2D eigenvalue weighted by Crippen LogP contribution is -1.96. The van der Waals surface area contributed by atoms with Crippen LogP contribution in [0.2, 0.25) is 0 Å². The van der Waals surface area contributed by atoms with Crippen LogP contribution in [0.4, 0.5) is 11.4 Å². The molecule has 8 rings (SSSR count). The minimum atomic E-state index is 1.06. The fourth-order valence-corrected chi connectivity index (χ4v) is 7.34. The minimum absolute atomic E-state index is 1.06. The molecule has 0 spiro atoms. The summed E-state index contributed by atoms with van der Waals surface area (Å²) >= 11 is 1.87. The van der Waals surface area contributed by atoms with Crippen LogP contribution < -0.4 is 5.32 Å². The summed E-state index contributed by atoms with van der Waals surface area (Å²) in [5.74, 6) is 0. The van der Waals surface area contributed by atoms with Crippen LogP contribution >= 0.6 is 11.3 Å². The van der Waals surface area contributed by atoms with Crippen LogP contribution in [0.1, 0.15) is 0 Å². The molecule has 0 aliphatic heterocycles. The normalized spacial score (nSPS) is 11.2. The highest BCUT2D eigenvalue weighted by molar-refractivity contribution is 7.26. The monoisotopic (exact) mass is 579 g/mol. The molecule has 1 N–H and O–H groups in total. The Bertz CT molecular complexity index is 2170. The van der Waals surface area contributed by atoms with Crippen LogP contribution in [-0.2, 0) is 0 Å². The Labute approximate surface area is 261 Å².